The van der Waals surface area contributed by atoms with Crippen LogP contribution in [0.1, 0.15) is 34.6 Å². The highest BCUT2D eigenvalue weighted by atomic mass is 16.5. The second-order valence-corrected chi connectivity index (χ2v) is 9.82. The summed E-state index contributed by atoms with van der Waals surface area (Å²) in [5.74, 6) is 0.0422. The van der Waals surface area contributed by atoms with Crippen molar-refractivity contribution >= 4 is 17.8 Å². The molecule has 40 heavy (non-hydrogen) atoms. The Morgan fingerprint density at radius 3 is 1.95 bits per heavy atom. The van der Waals surface area contributed by atoms with Crippen LogP contribution in [0, 0.1) is 0 Å². The van der Waals surface area contributed by atoms with Gasteiger partial charge < -0.3 is 39.0 Å². The molecular formula is C29H38N2O9. The molecule has 0 spiro atoms. The van der Waals surface area contributed by atoms with Crippen molar-refractivity contribution in [3.63, 3.8) is 0 Å². The maximum absolute atomic E-state index is 12.9. The standard InChI is InChI=1S/C27H36N2O5.C2H2O4/c1-28(17-21-11-20-14-25(33-4)26(34-5)16-22(20)21)8-6-9-29-10-7-18-12-23(31-2)24(32-3)13-19(18)15-27(29)30;3-1(4)2(5)6/h12-14,16,21H,6-11,15,17H2,1-5H3;(H,3,4)(H,5,6)/t21-;/m1./s1. The minimum absolute atomic E-state index is 0.183. The first-order valence-electron chi connectivity index (χ1n) is 13.0. The molecule has 218 valence electrons. The van der Waals surface area contributed by atoms with E-state index >= 15 is 0 Å². The number of fused-ring (bicyclic) bond motifs is 2. The molecular weight excluding hydrogens is 520 g/mol. The quantitative estimate of drug-likeness (QED) is 0.419. The van der Waals surface area contributed by atoms with Gasteiger partial charge in [-0.3, -0.25) is 4.79 Å². The molecule has 11 heteroatoms. The summed E-state index contributed by atoms with van der Waals surface area (Å²) < 4.78 is 21.7. The van der Waals surface area contributed by atoms with Crippen molar-refractivity contribution in [2.75, 3.05) is 61.7 Å². The topological polar surface area (TPSA) is 135 Å². The predicted molar refractivity (Wildman–Crippen MR) is 147 cm³/mol. The Balaban J connectivity index is 0.000000663. The molecule has 2 aliphatic rings. The van der Waals surface area contributed by atoms with Crippen LogP contribution >= 0.6 is 0 Å². The highest BCUT2D eigenvalue weighted by molar-refractivity contribution is 6.27. The number of carboxylic acids is 2. The summed E-state index contributed by atoms with van der Waals surface area (Å²) in [6, 6.07) is 8.18. The van der Waals surface area contributed by atoms with Crippen LogP contribution in [0.15, 0.2) is 24.3 Å². The average Bonchev–Trinajstić information content (AvgIpc) is 3.08. The van der Waals surface area contributed by atoms with E-state index in [0.29, 0.717) is 18.1 Å². The van der Waals surface area contributed by atoms with Crippen molar-refractivity contribution in [3.05, 3.63) is 46.5 Å². The van der Waals surface area contributed by atoms with Crippen LogP contribution < -0.4 is 18.9 Å². The molecule has 0 radical (unpaired) electrons. The van der Waals surface area contributed by atoms with Crippen LogP contribution in [0.5, 0.6) is 23.0 Å². The van der Waals surface area contributed by atoms with E-state index in [1.54, 1.807) is 28.4 Å². The van der Waals surface area contributed by atoms with Crippen molar-refractivity contribution in [2.24, 2.45) is 0 Å². The number of methoxy groups -OCH3 is 4. The lowest BCUT2D eigenvalue weighted by molar-refractivity contribution is -0.159. The zero-order valence-electron chi connectivity index (χ0n) is 23.7. The fourth-order valence-electron chi connectivity index (χ4n) is 5.15. The molecule has 11 nitrogen and oxygen atoms in total. The number of amides is 1. The number of nitrogens with zero attached hydrogens (tertiary/aromatic N) is 2. The molecule has 1 heterocycles. The smallest absolute Gasteiger partial charge is 0.414 e. The number of benzene rings is 2. The molecule has 0 aromatic heterocycles. The molecule has 0 saturated carbocycles. The van der Waals surface area contributed by atoms with Gasteiger partial charge in [0.1, 0.15) is 0 Å². The zero-order valence-corrected chi connectivity index (χ0v) is 23.7. The van der Waals surface area contributed by atoms with Gasteiger partial charge in [0, 0.05) is 25.6 Å². The Kier molecular flexibility index (Phi) is 10.6. The van der Waals surface area contributed by atoms with E-state index in [0.717, 1.165) is 68.3 Å². The normalized spacial score (nSPS) is 15.5. The fourth-order valence-corrected chi connectivity index (χ4v) is 5.15. The molecule has 1 aliphatic heterocycles. The largest absolute Gasteiger partial charge is 0.493 e. The van der Waals surface area contributed by atoms with Gasteiger partial charge in [0.25, 0.3) is 0 Å². The third-order valence-corrected chi connectivity index (χ3v) is 7.29. The third-order valence-electron chi connectivity index (χ3n) is 7.29. The van der Waals surface area contributed by atoms with Crippen molar-refractivity contribution < 1.29 is 43.5 Å². The lowest BCUT2D eigenvalue weighted by Gasteiger charge is -2.34. The van der Waals surface area contributed by atoms with Gasteiger partial charge in [-0.15, -0.1) is 0 Å². The van der Waals surface area contributed by atoms with Gasteiger partial charge in [0.2, 0.25) is 5.91 Å². The van der Waals surface area contributed by atoms with Crippen LogP contribution in [-0.4, -0.2) is 99.5 Å². The van der Waals surface area contributed by atoms with Crippen molar-refractivity contribution in [3.8, 4) is 23.0 Å². The van der Waals surface area contributed by atoms with Crippen LogP contribution in [0.3, 0.4) is 0 Å². The minimum atomic E-state index is -1.82. The summed E-state index contributed by atoms with van der Waals surface area (Å²) in [5, 5.41) is 14.8. The third kappa shape index (κ3) is 7.35. The Bertz CT molecular complexity index is 1220. The van der Waals surface area contributed by atoms with Crippen LogP contribution in [0.25, 0.3) is 0 Å². The van der Waals surface area contributed by atoms with E-state index in [-0.39, 0.29) is 5.91 Å². The molecule has 0 fully saturated rings. The SMILES string of the molecule is COc1cc2c(cc1OC)CC(=O)N(CCCN(C)C[C@H]1Cc3cc(OC)c(OC)cc31)CC2.O=C(O)C(=O)O. The molecule has 0 bridgehead atoms. The van der Waals surface area contributed by atoms with Gasteiger partial charge in [0.05, 0.1) is 34.9 Å². The number of hydrogen-bond acceptors (Lipinski definition) is 8. The Morgan fingerprint density at radius 2 is 1.40 bits per heavy atom. The number of aliphatic carboxylic acids is 2. The van der Waals surface area contributed by atoms with Gasteiger partial charge in [-0.1, -0.05) is 0 Å². The first-order valence-corrected chi connectivity index (χ1v) is 13.0. The minimum Gasteiger partial charge on any atom is -0.493 e. The van der Waals surface area contributed by atoms with Crippen LogP contribution in [0.4, 0.5) is 0 Å². The fraction of sp³-hybridized carbons (Fsp3) is 0.483. The average molecular weight is 559 g/mol. The Labute approximate surface area is 234 Å². The Hall–Kier alpha value is -3.99. The summed E-state index contributed by atoms with van der Waals surface area (Å²) in [5.41, 5.74) is 4.91. The van der Waals surface area contributed by atoms with Crippen molar-refractivity contribution in [1.29, 1.82) is 0 Å². The van der Waals surface area contributed by atoms with E-state index in [1.165, 1.54) is 16.7 Å². The maximum atomic E-state index is 12.9. The number of likely N-dealkylation sites (N-methyl/N-ethyl adjacent to an activating group) is 1. The molecule has 2 aromatic carbocycles. The highest BCUT2D eigenvalue weighted by Crippen LogP contribution is 2.42. The molecule has 2 aromatic rings. The number of rotatable bonds is 10. The zero-order chi connectivity index (χ0) is 29.4. The number of carbonyl (C=O) groups is 3. The second kappa shape index (κ2) is 13.9. The summed E-state index contributed by atoms with van der Waals surface area (Å²) in [4.78, 5) is 35.5. The van der Waals surface area contributed by atoms with Gasteiger partial charge in [0.15, 0.2) is 23.0 Å². The molecule has 1 amide bonds. The summed E-state index contributed by atoms with van der Waals surface area (Å²) in [7, 11) is 8.79. The van der Waals surface area contributed by atoms with Crippen LogP contribution in [0.2, 0.25) is 0 Å². The van der Waals surface area contributed by atoms with Crippen molar-refractivity contribution in [1.82, 2.24) is 9.80 Å². The van der Waals surface area contributed by atoms with Gasteiger partial charge >= 0.3 is 11.9 Å². The van der Waals surface area contributed by atoms with Gasteiger partial charge in [-0.2, -0.15) is 0 Å². The lowest BCUT2D eigenvalue weighted by atomic mass is 9.77. The number of carbonyl (C=O) groups excluding carboxylic acids is 1. The molecule has 4 rings (SSSR count). The first kappa shape index (κ1) is 30.6. The molecule has 2 N–H and O–H groups in total. The molecule has 1 atom stereocenters. The highest BCUT2D eigenvalue weighted by Gasteiger charge is 2.29. The Morgan fingerprint density at radius 1 is 0.875 bits per heavy atom. The van der Waals surface area contributed by atoms with Crippen LogP contribution in [-0.2, 0) is 33.6 Å². The summed E-state index contributed by atoms with van der Waals surface area (Å²) in [6.07, 6.45) is 3.27. The van der Waals surface area contributed by atoms with E-state index in [2.05, 4.69) is 24.1 Å². The summed E-state index contributed by atoms with van der Waals surface area (Å²) in [6.45, 7) is 3.47. The van der Waals surface area contributed by atoms with Gasteiger partial charge in [-0.05, 0) is 79.4 Å². The predicted octanol–water partition coefficient (Wildman–Crippen LogP) is 2.47. The lowest BCUT2D eigenvalue weighted by Crippen LogP contribution is -2.36. The first-order chi connectivity index (χ1) is 19.1. The summed E-state index contributed by atoms with van der Waals surface area (Å²) >= 11 is 0. The van der Waals surface area contributed by atoms with E-state index in [4.69, 9.17) is 38.7 Å². The second-order valence-electron chi connectivity index (χ2n) is 9.82. The van der Waals surface area contributed by atoms with E-state index in [9.17, 15) is 4.79 Å². The molecule has 0 saturated heterocycles. The number of hydrogen-bond donors (Lipinski definition) is 2. The monoisotopic (exact) mass is 558 g/mol. The van der Waals surface area contributed by atoms with E-state index < -0.39 is 11.9 Å². The van der Waals surface area contributed by atoms with Crippen molar-refractivity contribution in [2.45, 2.75) is 31.6 Å². The molecule has 0 unspecified atom stereocenters. The molecule has 1 aliphatic carbocycles. The van der Waals surface area contributed by atoms with E-state index in [1.807, 2.05) is 17.0 Å². The maximum Gasteiger partial charge on any atom is 0.414 e. The number of ether oxygens (including phenoxy) is 4. The number of carboxylic acid groups (broad SMARTS) is 2. The van der Waals surface area contributed by atoms with Gasteiger partial charge in [-0.25, -0.2) is 9.59 Å².